The van der Waals surface area contributed by atoms with Gasteiger partial charge in [0.15, 0.2) is 0 Å². The molecular formula is C13H32N4. The molecule has 0 heterocycles. The smallest absolute Gasteiger partial charge is 0.0583 e. The first-order valence-electron chi connectivity index (χ1n) is 7.23. The molecule has 0 unspecified atom stereocenters. The van der Waals surface area contributed by atoms with Crippen LogP contribution in [0.5, 0.6) is 0 Å². The minimum Gasteiger partial charge on any atom is -0.317 e. The Hall–Kier alpha value is -0.160. The van der Waals surface area contributed by atoms with Crippen LogP contribution in [0.15, 0.2) is 0 Å². The lowest BCUT2D eigenvalue weighted by Gasteiger charge is -2.18. The van der Waals surface area contributed by atoms with Crippen molar-refractivity contribution in [3.05, 3.63) is 0 Å². The van der Waals surface area contributed by atoms with Crippen molar-refractivity contribution in [3.8, 4) is 0 Å². The molecule has 104 valence electrons. The lowest BCUT2D eigenvalue weighted by molar-refractivity contribution is 0.407. The highest BCUT2D eigenvalue weighted by molar-refractivity contribution is 4.64. The van der Waals surface area contributed by atoms with E-state index in [1.807, 2.05) is 0 Å². The molecule has 0 saturated heterocycles. The van der Waals surface area contributed by atoms with E-state index >= 15 is 0 Å². The van der Waals surface area contributed by atoms with Crippen molar-refractivity contribution in [3.63, 3.8) is 0 Å². The quantitative estimate of drug-likeness (QED) is 0.287. The van der Waals surface area contributed by atoms with Crippen LogP contribution in [0.2, 0.25) is 0 Å². The van der Waals surface area contributed by atoms with Crippen LogP contribution in [0, 0.1) is 0 Å². The van der Waals surface area contributed by atoms with E-state index in [4.69, 9.17) is 0 Å². The number of nitrogens with one attached hydrogen (secondary N) is 4. The third-order valence-electron chi connectivity index (χ3n) is 2.64. The average Bonchev–Trinajstić information content (AvgIpc) is 2.33. The monoisotopic (exact) mass is 244 g/mol. The van der Waals surface area contributed by atoms with Gasteiger partial charge in [-0.25, -0.2) is 0 Å². The Kier molecular flexibility index (Phi) is 13.8. The first kappa shape index (κ1) is 16.8. The van der Waals surface area contributed by atoms with E-state index in [9.17, 15) is 0 Å². The second-order valence-electron chi connectivity index (χ2n) is 4.31. The second-order valence-corrected chi connectivity index (χ2v) is 4.31. The molecule has 0 atom stereocenters. The SMILES string of the molecule is CCCNCCCNCCC(NCC)NCC. The van der Waals surface area contributed by atoms with Crippen LogP contribution in [0.25, 0.3) is 0 Å². The zero-order chi connectivity index (χ0) is 12.8. The van der Waals surface area contributed by atoms with Crippen molar-refractivity contribution in [2.24, 2.45) is 0 Å². The van der Waals surface area contributed by atoms with E-state index in [0.717, 1.165) is 45.7 Å². The number of rotatable bonds is 13. The summed E-state index contributed by atoms with van der Waals surface area (Å²) in [6.45, 7) is 13.0. The molecule has 0 aromatic heterocycles. The Morgan fingerprint density at radius 2 is 1.35 bits per heavy atom. The zero-order valence-corrected chi connectivity index (χ0v) is 11.9. The molecule has 0 aliphatic carbocycles. The first-order chi connectivity index (χ1) is 8.35. The molecule has 0 bridgehead atoms. The van der Waals surface area contributed by atoms with Crippen molar-refractivity contribution in [2.45, 2.75) is 46.2 Å². The van der Waals surface area contributed by atoms with Gasteiger partial charge in [-0.1, -0.05) is 20.8 Å². The third-order valence-corrected chi connectivity index (χ3v) is 2.64. The summed E-state index contributed by atoms with van der Waals surface area (Å²) in [5, 5.41) is 13.8. The molecular weight excluding hydrogens is 212 g/mol. The maximum absolute atomic E-state index is 3.49. The lowest BCUT2D eigenvalue weighted by atomic mass is 10.3. The average molecular weight is 244 g/mol. The minimum absolute atomic E-state index is 0.454. The second kappa shape index (κ2) is 13.9. The summed E-state index contributed by atoms with van der Waals surface area (Å²) in [6.07, 6.45) is 4.04. The van der Waals surface area contributed by atoms with Gasteiger partial charge < -0.3 is 21.3 Å². The molecule has 0 saturated carbocycles. The summed E-state index contributed by atoms with van der Waals surface area (Å²) >= 11 is 0. The molecule has 0 radical (unpaired) electrons. The summed E-state index contributed by atoms with van der Waals surface area (Å²) in [4.78, 5) is 0. The summed E-state index contributed by atoms with van der Waals surface area (Å²) < 4.78 is 0. The van der Waals surface area contributed by atoms with Gasteiger partial charge in [0.1, 0.15) is 0 Å². The largest absolute Gasteiger partial charge is 0.317 e. The summed E-state index contributed by atoms with van der Waals surface area (Å²) in [5.74, 6) is 0. The Balaban J connectivity index is 3.23. The fourth-order valence-electron chi connectivity index (χ4n) is 1.78. The van der Waals surface area contributed by atoms with Gasteiger partial charge in [-0.3, -0.25) is 0 Å². The highest BCUT2D eigenvalue weighted by atomic mass is 15.1. The van der Waals surface area contributed by atoms with Crippen LogP contribution < -0.4 is 21.3 Å². The first-order valence-corrected chi connectivity index (χ1v) is 7.23. The van der Waals surface area contributed by atoms with Gasteiger partial charge in [0.2, 0.25) is 0 Å². The van der Waals surface area contributed by atoms with Crippen molar-refractivity contribution >= 4 is 0 Å². The van der Waals surface area contributed by atoms with Crippen molar-refractivity contribution in [2.75, 3.05) is 39.3 Å². The standard InChI is InChI=1S/C13H32N4/c1-4-9-14-10-7-11-15-12-8-13(16-5-2)17-6-3/h13-17H,4-12H2,1-3H3. The topological polar surface area (TPSA) is 48.1 Å². The van der Waals surface area contributed by atoms with Crippen molar-refractivity contribution in [1.29, 1.82) is 0 Å². The third kappa shape index (κ3) is 12.1. The fraction of sp³-hybridized carbons (Fsp3) is 1.00. The van der Waals surface area contributed by atoms with Gasteiger partial charge in [-0.05, 0) is 58.5 Å². The molecule has 4 nitrogen and oxygen atoms in total. The van der Waals surface area contributed by atoms with Gasteiger partial charge in [-0.2, -0.15) is 0 Å². The molecule has 0 fully saturated rings. The predicted molar refractivity (Wildman–Crippen MR) is 76.4 cm³/mol. The molecule has 0 amide bonds. The van der Waals surface area contributed by atoms with Crippen LogP contribution in [0.4, 0.5) is 0 Å². The molecule has 4 heteroatoms. The summed E-state index contributed by atoms with van der Waals surface area (Å²) in [5.41, 5.74) is 0. The van der Waals surface area contributed by atoms with E-state index in [-0.39, 0.29) is 0 Å². The Morgan fingerprint density at radius 3 is 1.88 bits per heavy atom. The van der Waals surface area contributed by atoms with E-state index in [1.165, 1.54) is 12.8 Å². The zero-order valence-electron chi connectivity index (χ0n) is 11.9. The van der Waals surface area contributed by atoms with E-state index in [2.05, 4.69) is 42.0 Å². The fourth-order valence-corrected chi connectivity index (χ4v) is 1.78. The Labute approximate surface area is 107 Å². The van der Waals surface area contributed by atoms with Crippen molar-refractivity contribution in [1.82, 2.24) is 21.3 Å². The highest BCUT2D eigenvalue weighted by Gasteiger charge is 2.03. The van der Waals surface area contributed by atoms with E-state index in [1.54, 1.807) is 0 Å². The summed E-state index contributed by atoms with van der Waals surface area (Å²) in [7, 11) is 0. The van der Waals surface area contributed by atoms with Crippen molar-refractivity contribution < 1.29 is 0 Å². The molecule has 0 rings (SSSR count). The van der Waals surface area contributed by atoms with Crippen LogP contribution in [0.3, 0.4) is 0 Å². The number of hydrogen-bond acceptors (Lipinski definition) is 4. The predicted octanol–water partition coefficient (Wildman–Crippen LogP) is 0.901. The van der Waals surface area contributed by atoms with Crippen LogP contribution in [0.1, 0.15) is 40.0 Å². The Morgan fingerprint density at radius 1 is 0.765 bits per heavy atom. The lowest BCUT2D eigenvalue weighted by Crippen LogP contribution is -2.44. The van der Waals surface area contributed by atoms with Gasteiger partial charge in [-0.15, -0.1) is 0 Å². The van der Waals surface area contributed by atoms with Gasteiger partial charge in [0.05, 0.1) is 6.17 Å². The molecule has 4 N–H and O–H groups in total. The highest BCUT2D eigenvalue weighted by Crippen LogP contribution is 1.86. The summed E-state index contributed by atoms with van der Waals surface area (Å²) in [6, 6.07) is 0. The van der Waals surface area contributed by atoms with Gasteiger partial charge in [0, 0.05) is 0 Å². The molecule has 0 aromatic carbocycles. The molecule has 0 aliphatic heterocycles. The molecule has 0 aliphatic rings. The molecule has 17 heavy (non-hydrogen) atoms. The number of hydrogen-bond donors (Lipinski definition) is 4. The molecule has 0 spiro atoms. The van der Waals surface area contributed by atoms with Crippen LogP contribution in [-0.2, 0) is 0 Å². The van der Waals surface area contributed by atoms with Crippen LogP contribution in [-0.4, -0.2) is 45.4 Å². The van der Waals surface area contributed by atoms with Crippen LogP contribution >= 0.6 is 0 Å². The maximum Gasteiger partial charge on any atom is 0.0583 e. The van der Waals surface area contributed by atoms with Gasteiger partial charge in [0.25, 0.3) is 0 Å². The van der Waals surface area contributed by atoms with Gasteiger partial charge >= 0.3 is 0 Å². The Bertz CT molecular complexity index is 135. The maximum atomic E-state index is 3.49. The molecule has 0 aromatic rings. The minimum atomic E-state index is 0.454. The normalized spacial score (nSPS) is 11.3. The van der Waals surface area contributed by atoms with E-state index < -0.39 is 0 Å². The van der Waals surface area contributed by atoms with E-state index in [0.29, 0.717) is 6.17 Å².